The maximum atomic E-state index is 13.5. The Morgan fingerprint density at radius 1 is 0.889 bits per heavy atom. The maximum Gasteiger partial charge on any atom is 0.146 e. The first-order valence-corrected chi connectivity index (χ1v) is 5.51. The van der Waals surface area contributed by atoms with E-state index >= 15 is 0 Å². The minimum Gasteiger partial charge on any atom is -0.378 e. The molecule has 18 heavy (non-hydrogen) atoms. The monoisotopic (exact) mass is 251 g/mol. The van der Waals surface area contributed by atoms with Crippen LogP contribution < -0.4 is 5.32 Å². The van der Waals surface area contributed by atoms with Crippen molar-refractivity contribution in [2.75, 3.05) is 5.32 Å². The molecule has 0 heterocycles. The van der Waals surface area contributed by atoms with Gasteiger partial charge in [0.05, 0.1) is 5.69 Å². The molecule has 1 N–H and O–H groups in total. The molecule has 0 aliphatic carbocycles. The third kappa shape index (κ3) is 2.47. The molecule has 2 rings (SSSR count). The second-order valence-corrected chi connectivity index (χ2v) is 3.99. The lowest BCUT2D eigenvalue weighted by Gasteiger charge is -2.11. The van der Waals surface area contributed by atoms with Crippen molar-refractivity contribution in [2.24, 2.45) is 0 Å². The maximum absolute atomic E-state index is 13.5. The standard InChI is InChI=1S/C14H12F3N/c1-9-4-2-7-13(17)14(9)18-8-10-11(15)5-3-6-12(10)16/h2-7,18H,8H2,1H3. The minimum atomic E-state index is -0.642. The first kappa shape index (κ1) is 12.5. The van der Waals surface area contributed by atoms with Crippen LogP contribution in [0.1, 0.15) is 11.1 Å². The highest BCUT2D eigenvalue weighted by molar-refractivity contribution is 5.52. The zero-order chi connectivity index (χ0) is 13.1. The third-order valence-electron chi connectivity index (χ3n) is 2.73. The van der Waals surface area contributed by atoms with Gasteiger partial charge in [-0.05, 0) is 30.7 Å². The number of rotatable bonds is 3. The van der Waals surface area contributed by atoms with E-state index in [2.05, 4.69) is 5.32 Å². The normalized spacial score (nSPS) is 10.4. The van der Waals surface area contributed by atoms with E-state index in [0.29, 0.717) is 5.56 Å². The topological polar surface area (TPSA) is 12.0 Å². The second kappa shape index (κ2) is 5.12. The third-order valence-corrected chi connectivity index (χ3v) is 2.73. The Morgan fingerprint density at radius 2 is 1.44 bits per heavy atom. The van der Waals surface area contributed by atoms with Gasteiger partial charge in [-0.15, -0.1) is 0 Å². The predicted molar refractivity (Wildman–Crippen MR) is 64.8 cm³/mol. The summed E-state index contributed by atoms with van der Waals surface area (Å²) in [4.78, 5) is 0. The summed E-state index contributed by atoms with van der Waals surface area (Å²) in [5.74, 6) is -1.72. The van der Waals surface area contributed by atoms with Gasteiger partial charge >= 0.3 is 0 Å². The fourth-order valence-electron chi connectivity index (χ4n) is 1.73. The molecular weight excluding hydrogens is 239 g/mol. The molecular formula is C14H12F3N. The van der Waals surface area contributed by atoms with Crippen molar-refractivity contribution >= 4 is 5.69 Å². The van der Waals surface area contributed by atoms with E-state index in [4.69, 9.17) is 0 Å². The quantitative estimate of drug-likeness (QED) is 0.868. The van der Waals surface area contributed by atoms with Crippen LogP contribution in [0, 0.1) is 24.4 Å². The predicted octanol–water partition coefficient (Wildman–Crippen LogP) is 4.02. The van der Waals surface area contributed by atoms with Crippen LogP contribution in [0.15, 0.2) is 36.4 Å². The smallest absolute Gasteiger partial charge is 0.146 e. The van der Waals surface area contributed by atoms with Gasteiger partial charge in [0.2, 0.25) is 0 Å². The van der Waals surface area contributed by atoms with Gasteiger partial charge in [0.25, 0.3) is 0 Å². The molecule has 4 heteroatoms. The second-order valence-electron chi connectivity index (χ2n) is 3.99. The van der Waals surface area contributed by atoms with Gasteiger partial charge in [-0.25, -0.2) is 13.2 Å². The van der Waals surface area contributed by atoms with Gasteiger partial charge in [-0.3, -0.25) is 0 Å². The van der Waals surface area contributed by atoms with Crippen LogP contribution in [0.5, 0.6) is 0 Å². The highest BCUT2D eigenvalue weighted by atomic mass is 19.1. The van der Waals surface area contributed by atoms with Crippen LogP contribution in [0.25, 0.3) is 0 Å². The zero-order valence-corrected chi connectivity index (χ0v) is 9.81. The zero-order valence-electron chi connectivity index (χ0n) is 9.81. The number of halogens is 3. The van der Waals surface area contributed by atoms with Gasteiger partial charge in [-0.2, -0.15) is 0 Å². The molecule has 94 valence electrons. The minimum absolute atomic E-state index is 0.0969. The molecule has 0 aliphatic heterocycles. The van der Waals surface area contributed by atoms with Crippen molar-refractivity contribution < 1.29 is 13.2 Å². The summed E-state index contributed by atoms with van der Waals surface area (Å²) in [5, 5.41) is 2.72. The Kier molecular flexibility index (Phi) is 3.55. The number of anilines is 1. The molecule has 0 radical (unpaired) electrons. The van der Waals surface area contributed by atoms with E-state index in [1.807, 2.05) is 0 Å². The van der Waals surface area contributed by atoms with E-state index < -0.39 is 17.5 Å². The number of hydrogen-bond acceptors (Lipinski definition) is 1. The molecule has 0 unspecified atom stereocenters. The Labute approximate surface area is 103 Å². The van der Waals surface area contributed by atoms with Crippen LogP contribution >= 0.6 is 0 Å². The molecule has 0 fully saturated rings. The molecule has 0 saturated heterocycles. The number of aryl methyl sites for hydroxylation is 1. The van der Waals surface area contributed by atoms with Crippen molar-refractivity contribution in [3.63, 3.8) is 0 Å². The van der Waals surface area contributed by atoms with Gasteiger partial charge in [0.15, 0.2) is 0 Å². The van der Waals surface area contributed by atoms with Crippen LogP contribution in [0.4, 0.5) is 18.9 Å². The van der Waals surface area contributed by atoms with Crippen molar-refractivity contribution in [3.05, 3.63) is 65.0 Å². The first-order chi connectivity index (χ1) is 8.59. The summed E-state index contributed by atoms with van der Waals surface area (Å²) in [6.45, 7) is 1.63. The summed E-state index contributed by atoms with van der Waals surface area (Å²) in [6.07, 6.45) is 0. The van der Waals surface area contributed by atoms with E-state index in [1.165, 1.54) is 24.3 Å². The summed E-state index contributed by atoms with van der Waals surface area (Å²) in [5.41, 5.74) is 0.854. The van der Waals surface area contributed by atoms with Crippen LogP contribution in [-0.4, -0.2) is 0 Å². The van der Waals surface area contributed by atoms with Crippen molar-refractivity contribution in [1.29, 1.82) is 0 Å². The van der Waals surface area contributed by atoms with E-state index in [1.54, 1.807) is 19.1 Å². The lowest BCUT2D eigenvalue weighted by molar-refractivity contribution is 0.559. The highest BCUT2D eigenvalue weighted by Crippen LogP contribution is 2.21. The molecule has 0 spiro atoms. The van der Waals surface area contributed by atoms with Crippen LogP contribution in [-0.2, 0) is 6.54 Å². The lowest BCUT2D eigenvalue weighted by Crippen LogP contribution is -2.07. The van der Waals surface area contributed by atoms with Crippen molar-refractivity contribution in [3.8, 4) is 0 Å². The Morgan fingerprint density at radius 3 is 2.06 bits per heavy atom. The fraction of sp³-hybridized carbons (Fsp3) is 0.143. The average Bonchev–Trinajstić information content (AvgIpc) is 2.31. The highest BCUT2D eigenvalue weighted by Gasteiger charge is 2.10. The first-order valence-electron chi connectivity index (χ1n) is 5.51. The summed E-state index contributed by atoms with van der Waals surface area (Å²) in [7, 11) is 0. The summed E-state index contributed by atoms with van der Waals surface area (Å²) < 4.78 is 40.3. The van der Waals surface area contributed by atoms with Crippen LogP contribution in [0.3, 0.4) is 0 Å². The number of hydrogen-bond donors (Lipinski definition) is 1. The van der Waals surface area contributed by atoms with E-state index in [-0.39, 0.29) is 17.8 Å². The molecule has 2 aromatic carbocycles. The SMILES string of the molecule is Cc1cccc(F)c1NCc1c(F)cccc1F. The van der Waals surface area contributed by atoms with E-state index in [0.717, 1.165) is 0 Å². The lowest BCUT2D eigenvalue weighted by atomic mass is 10.1. The Bertz CT molecular complexity index is 475. The van der Waals surface area contributed by atoms with Crippen molar-refractivity contribution in [1.82, 2.24) is 0 Å². The number of nitrogens with one attached hydrogen (secondary N) is 1. The van der Waals surface area contributed by atoms with Gasteiger partial charge < -0.3 is 5.32 Å². The average molecular weight is 251 g/mol. The molecule has 0 saturated carbocycles. The van der Waals surface area contributed by atoms with Gasteiger partial charge in [0, 0.05) is 12.1 Å². The molecule has 0 atom stereocenters. The molecule has 0 bridgehead atoms. The van der Waals surface area contributed by atoms with Gasteiger partial charge in [-0.1, -0.05) is 18.2 Å². The van der Waals surface area contributed by atoms with Gasteiger partial charge in [0.1, 0.15) is 17.5 Å². The largest absolute Gasteiger partial charge is 0.378 e. The molecule has 1 nitrogen and oxygen atoms in total. The Hall–Kier alpha value is -1.97. The van der Waals surface area contributed by atoms with Crippen LogP contribution in [0.2, 0.25) is 0 Å². The molecule has 0 amide bonds. The summed E-state index contributed by atoms with van der Waals surface area (Å²) >= 11 is 0. The number of benzene rings is 2. The molecule has 0 aliphatic rings. The molecule has 2 aromatic rings. The summed E-state index contributed by atoms with van der Waals surface area (Å²) in [6, 6.07) is 8.25. The molecule has 0 aromatic heterocycles. The fourth-order valence-corrected chi connectivity index (χ4v) is 1.73. The Balaban J connectivity index is 2.22. The van der Waals surface area contributed by atoms with Crippen molar-refractivity contribution in [2.45, 2.75) is 13.5 Å². The van der Waals surface area contributed by atoms with E-state index in [9.17, 15) is 13.2 Å². The number of para-hydroxylation sites is 1.